The van der Waals surface area contributed by atoms with Gasteiger partial charge in [0.25, 0.3) is 0 Å². The molecule has 0 saturated carbocycles. The molecule has 3 heterocycles. The number of allylic oxidation sites excluding steroid dienone is 1. The van der Waals surface area contributed by atoms with Crippen molar-refractivity contribution in [3.8, 4) is 0 Å². The van der Waals surface area contributed by atoms with Crippen LogP contribution in [0.25, 0.3) is 5.70 Å². The van der Waals surface area contributed by atoms with Crippen LogP contribution in [-0.4, -0.2) is 62.5 Å². The highest BCUT2D eigenvalue weighted by Crippen LogP contribution is 2.24. The molecule has 2 aromatic rings. The van der Waals surface area contributed by atoms with Crippen molar-refractivity contribution in [2.45, 2.75) is 37.8 Å². The van der Waals surface area contributed by atoms with Gasteiger partial charge in [0.05, 0.1) is 0 Å². The van der Waals surface area contributed by atoms with E-state index in [1.165, 1.54) is 30.6 Å². The number of benzene rings is 2. The van der Waals surface area contributed by atoms with Crippen molar-refractivity contribution in [3.05, 3.63) is 97.1 Å². The van der Waals surface area contributed by atoms with E-state index in [9.17, 15) is 0 Å². The van der Waals surface area contributed by atoms with Gasteiger partial charge >= 0.3 is 0 Å². The molecule has 2 atom stereocenters. The largest absolute Gasteiger partial charge is 0.398 e. The topological polar surface area (TPSA) is 93.0 Å². The predicted octanol–water partition coefficient (Wildman–Crippen LogP) is 4.71. The number of hydrogen-bond acceptors (Lipinski definition) is 8. The van der Waals surface area contributed by atoms with Crippen LogP contribution in [0, 0.1) is 0 Å². The molecule has 5 rings (SSSR count). The van der Waals surface area contributed by atoms with Crippen molar-refractivity contribution in [2.24, 2.45) is 10.7 Å². The summed E-state index contributed by atoms with van der Waals surface area (Å²) >= 11 is 0. The molecular weight excluding hydrogens is 508 g/mol. The van der Waals surface area contributed by atoms with Gasteiger partial charge in [-0.15, -0.1) is 0 Å². The van der Waals surface area contributed by atoms with Gasteiger partial charge in [0.1, 0.15) is 5.82 Å². The van der Waals surface area contributed by atoms with Crippen LogP contribution in [0.5, 0.6) is 0 Å². The summed E-state index contributed by atoms with van der Waals surface area (Å²) in [4.78, 5) is 9.28. The molecule has 0 aromatic heterocycles. The van der Waals surface area contributed by atoms with E-state index in [0.717, 1.165) is 68.3 Å². The van der Waals surface area contributed by atoms with E-state index in [4.69, 9.17) is 5.73 Å². The van der Waals surface area contributed by atoms with E-state index in [2.05, 4.69) is 80.1 Å². The normalized spacial score (nSPS) is 21.3. The van der Waals surface area contributed by atoms with Crippen molar-refractivity contribution in [1.29, 1.82) is 0 Å². The van der Waals surface area contributed by atoms with Gasteiger partial charge in [-0.1, -0.05) is 31.9 Å². The van der Waals surface area contributed by atoms with E-state index < -0.39 is 0 Å². The van der Waals surface area contributed by atoms with Crippen LogP contribution in [0.2, 0.25) is 0 Å². The molecule has 0 radical (unpaired) electrons. The quantitative estimate of drug-likeness (QED) is 0.258. The summed E-state index contributed by atoms with van der Waals surface area (Å²) in [6.45, 7) is 18.7. The highest BCUT2D eigenvalue weighted by atomic mass is 15.3. The van der Waals surface area contributed by atoms with Gasteiger partial charge in [0, 0.05) is 78.6 Å². The first-order valence-corrected chi connectivity index (χ1v) is 14.7. The average molecular weight is 553 g/mol. The lowest BCUT2D eigenvalue weighted by Gasteiger charge is -2.39. The van der Waals surface area contributed by atoms with Crippen LogP contribution in [0.15, 0.2) is 96.6 Å². The zero-order chi connectivity index (χ0) is 28.6. The van der Waals surface area contributed by atoms with Crippen LogP contribution in [-0.2, 0) is 0 Å². The van der Waals surface area contributed by atoms with Crippen LogP contribution >= 0.6 is 0 Å². The minimum Gasteiger partial charge on any atom is -0.398 e. The molecule has 3 aliphatic rings. The van der Waals surface area contributed by atoms with E-state index in [1.807, 2.05) is 24.3 Å². The Morgan fingerprint density at radius 2 is 1.44 bits per heavy atom. The Morgan fingerprint density at radius 3 is 2.07 bits per heavy atom. The maximum absolute atomic E-state index is 6.29. The van der Waals surface area contributed by atoms with Crippen LogP contribution in [0.3, 0.4) is 0 Å². The SMILES string of the molecule is C=C(N=C/C=C(\N)c1ccc(NC(=C)[C@H]2CCCN2)cc1)Nc1ccc(N2CCN(C(=C)[C@H]3CCCN3)CC2)cc1. The molecule has 6 N–H and O–H groups in total. The highest BCUT2D eigenvalue weighted by Gasteiger charge is 2.25. The third-order valence-electron chi connectivity index (χ3n) is 8.16. The zero-order valence-electron chi connectivity index (χ0n) is 24.0. The van der Waals surface area contributed by atoms with Gasteiger partial charge in [0.2, 0.25) is 0 Å². The fraction of sp³-hybridized carbons (Fsp3) is 0.364. The van der Waals surface area contributed by atoms with Crippen LogP contribution < -0.4 is 31.9 Å². The summed E-state index contributed by atoms with van der Waals surface area (Å²) in [5, 5.41) is 13.7. The molecule has 0 unspecified atom stereocenters. The van der Waals surface area contributed by atoms with Crippen molar-refractivity contribution < 1.29 is 0 Å². The number of nitrogens with one attached hydrogen (secondary N) is 4. The van der Waals surface area contributed by atoms with E-state index in [0.29, 0.717) is 23.6 Å². The summed E-state index contributed by atoms with van der Waals surface area (Å²) in [6.07, 6.45) is 8.22. The third-order valence-corrected chi connectivity index (χ3v) is 8.16. The molecule has 3 fully saturated rings. The number of nitrogens with two attached hydrogens (primary N) is 1. The first-order valence-electron chi connectivity index (χ1n) is 14.7. The van der Waals surface area contributed by atoms with E-state index in [1.54, 1.807) is 12.3 Å². The second-order valence-corrected chi connectivity index (χ2v) is 11.0. The minimum atomic E-state index is 0.335. The fourth-order valence-corrected chi connectivity index (χ4v) is 5.70. The Kier molecular flexibility index (Phi) is 9.44. The second-order valence-electron chi connectivity index (χ2n) is 11.0. The van der Waals surface area contributed by atoms with Gasteiger partial charge in [-0.05, 0) is 86.8 Å². The maximum atomic E-state index is 6.29. The van der Waals surface area contributed by atoms with Gasteiger partial charge < -0.3 is 36.8 Å². The lowest BCUT2D eigenvalue weighted by atomic mass is 10.1. The predicted molar refractivity (Wildman–Crippen MR) is 174 cm³/mol. The summed E-state index contributed by atoms with van der Waals surface area (Å²) in [6, 6.07) is 17.3. The molecule has 216 valence electrons. The fourth-order valence-electron chi connectivity index (χ4n) is 5.70. The summed E-state index contributed by atoms with van der Waals surface area (Å²) in [5.41, 5.74) is 13.3. The van der Waals surface area contributed by atoms with Crippen molar-refractivity contribution >= 4 is 29.0 Å². The first-order chi connectivity index (χ1) is 20.0. The summed E-state index contributed by atoms with van der Waals surface area (Å²) < 4.78 is 0. The Balaban J connectivity index is 1.06. The molecule has 0 aliphatic carbocycles. The van der Waals surface area contributed by atoms with Gasteiger partial charge in [0.15, 0.2) is 0 Å². The number of anilines is 3. The standard InChI is InChI=1S/C33H44N8/c1-24(32-6-4-17-36-32)38-28-10-8-27(9-11-28)31(34)16-19-35-26(3)39-29-12-14-30(15-13-29)41-22-20-40(21-23-41)25(2)33-7-5-18-37-33/h8-16,19,32-33,36-39H,1-7,17-18,20-23,34H2/b31-16-,35-19?/t32-,33-/m1/s1. The Morgan fingerprint density at radius 1 is 0.829 bits per heavy atom. The van der Waals surface area contributed by atoms with Crippen LogP contribution in [0.4, 0.5) is 17.1 Å². The lowest BCUT2D eigenvalue weighted by Crippen LogP contribution is -2.48. The van der Waals surface area contributed by atoms with Gasteiger partial charge in [-0.3, -0.25) is 0 Å². The third kappa shape index (κ3) is 7.60. The average Bonchev–Trinajstić information content (AvgIpc) is 3.73. The Labute approximate surface area is 244 Å². The van der Waals surface area contributed by atoms with Crippen LogP contribution in [0.1, 0.15) is 31.2 Å². The Bertz CT molecular complexity index is 1260. The number of nitrogens with zero attached hydrogens (tertiary/aromatic N) is 3. The summed E-state index contributed by atoms with van der Waals surface area (Å²) in [5.74, 6) is 0.549. The molecule has 2 aromatic carbocycles. The number of rotatable bonds is 11. The zero-order valence-corrected chi connectivity index (χ0v) is 24.0. The number of aliphatic imine (C=N–C) groups is 1. The first kappa shape index (κ1) is 28.5. The van der Waals surface area contributed by atoms with Crippen molar-refractivity contribution in [1.82, 2.24) is 15.5 Å². The monoisotopic (exact) mass is 552 g/mol. The molecule has 8 nitrogen and oxygen atoms in total. The minimum absolute atomic E-state index is 0.335. The smallest absolute Gasteiger partial charge is 0.122 e. The highest BCUT2D eigenvalue weighted by molar-refractivity contribution is 5.84. The number of piperazine rings is 1. The molecule has 3 aliphatic heterocycles. The van der Waals surface area contributed by atoms with Gasteiger partial charge in [-0.25, -0.2) is 4.99 Å². The van der Waals surface area contributed by atoms with Crippen molar-refractivity contribution in [2.75, 3.05) is 54.8 Å². The number of hydrogen-bond donors (Lipinski definition) is 5. The molecule has 41 heavy (non-hydrogen) atoms. The van der Waals surface area contributed by atoms with Gasteiger partial charge in [-0.2, -0.15) is 0 Å². The van der Waals surface area contributed by atoms with Crippen molar-refractivity contribution in [3.63, 3.8) is 0 Å². The molecule has 0 amide bonds. The summed E-state index contributed by atoms with van der Waals surface area (Å²) in [7, 11) is 0. The van der Waals surface area contributed by atoms with E-state index in [-0.39, 0.29) is 0 Å². The molecule has 0 bridgehead atoms. The Hall–Kier alpha value is -4.01. The van der Waals surface area contributed by atoms with E-state index >= 15 is 0 Å². The molecule has 0 spiro atoms. The molecule has 8 heteroatoms. The maximum Gasteiger partial charge on any atom is 0.122 e. The molecular formula is C33H44N8. The molecule has 3 saturated heterocycles. The second kappa shape index (κ2) is 13.6. The lowest BCUT2D eigenvalue weighted by molar-refractivity contribution is 0.298.